The highest BCUT2D eigenvalue weighted by molar-refractivity contribution is 5.95. The number of urea groups is 2. The van der Waals surface area contributed by atoms with Gasteiger partial charge in [0.15, 0.2) is 11.4 Å². The van der Waals surface area contributed by atoms with Gasteiger partial charge in [0.2, 0.25) is 0 Å². The van der Waals surface area contributed by atoms with Crippen molar-refractivity contribution in [2.45, 2.75) is 82.3 Å². The summed E-state index contributed by atoms with van der Waals surface area (Å²) in [5.74, 6) is -0.996. The van der Waals surface area contributed by atoms with Gasteiger partial charge in [-0.25, -0.2) is 9.59 Å². The summed E-state index contributed by atoms with van der Waals surface area (Å²) in [5, 5.41) is 14.2. The molecule has 6 amide bonds. The Morgan fingerprint density at radius 2 is 0.969 bits per heavy atom. The van der Waals surface area contributed by atoms with Gasteiger partial charge in [0.05, 0.1) is 36.5 Å². The molecule has 0 saturated carbocycles. The Labute approximate surface area is 366 Å². The monoisotopic (exact) mass is 898 g/mol. The number of nitrogens with one attached hydrogen (secondary N) is 2. The molecular formula is C44H52F6N10O4. The number of fused-ring (bicyclic) bond motifs is 2. The largest absolute Gasteiger partial charge is 0.416 e. The van der Waals surface area contributed by atoms with E-state index in [1.165, 1.54) is 34.1 Å². The van der Waals surface area contributed by atoms with Crippen molar-refractivity contribution >= 4 is 23.9 Å². The van der Waals surface area contributed by atoms with Gasteiger partial charge in [-0.15, -0.1) is 0 Å². The Morgan fingerprint density at radius 1 is 0.562 bits per heavy atom. The molecule has 4 aliphatic rings. The summed E-state index contributed by atoms with van der Waals surface area (Å²) >= 11 is 0. The summed E-state index contributed by atoms with van der Waals surface area (Å²) in [6.45, 7) is 3.00. The van der Waals surface area contributed by atoms with Crippen molar-refractivity contribution in [3.8, 4) is 0 Å². The van der Waals surface area contributed by atoms with Gasteiger partial charge in [0, 0.05) is 77.7 Å². The highest BCUT2D eigenvalue weighted by atomic mass is 19.4. The number of aryl methyl sites for hydroxylation is 1. The zero-order valence-corrected chi connectivity index (χ0v) is 36.2. The van der Waals surface area contributed by atoms with E-state index in [2.05, 4.69) is 20.4 Å². The number of halogens is 6. The molecular weight excluding hydrogens is 847 g/mol. The van der Waals surface area contributed by atoms with Gasteiger partial charge >= 0.3 is 24.4 Å². The van der Waals surface area contributed by atoms with E-state index in [0.29, 0.717) is 107 Å². The number of benzene rings is 2. The maximum atomic E-state index is 13.4. The van der Waals surface area contributed by atoms with Gasteiger partial charge in [-0.05, 0) is 73.6 Å². The molecule has 4 aliphatic heterocycles. The third-order valence-electron chi connectivity index (χ3n) is 12.5. The molecule has 20 heteroatoms. The fraction of sp³-hybridized carbons (Fsp3) is 0.500. The zero-order chi connectivity index (χ0) is 46.1. The number of H-pyrrole nitrogens is 2. The number of hydrogen-bond donors (Lipinski definition) is 2. The minimum absolute atomic E-state index is 0.119. The number of likely N-dealkylation sites (tertiary alicyclic amines) is 2. The first-order valence-electron chi connectivity index (χ1n) is 21.3. The summed E-state index contributed by atoms with van der Waals surface area (Å²) < 4.78 is 80.3. The summed E-state index contributed by atoms with van der Waals surface area (Å²) in [6, 6.07) is 11.1. The van der Waals surface area contributed by atoms with E-state index in [9.17, 15) is 45.5 Å². The predicted molar refractivity (Wildman–Crippen MR) is 222 cm³/mol. The number of carbonyl (C=O) groups excluding carboxylic acids is 4. The topological polar surface area (TPSA) is 145 Å². The molecule has 0 spiro atoms. The van der Waals surface area contributed by atoms with E-state index < -0.39 is 23.5 Å². The van der Waals surface area contributed by atoms with Crippen LogP contribution in [0.2, 0.25) is 0 Å². The number of piperidine rings is 2. The molecule has 8 rings (SSSR count). The maximum Gasteiger partial charge on any atom is 0.416 e. The van der Waals surface area contributed by atoms with Gasteiger partial charge in [0.25, 0.3) is 11.8 Å². The minimum Gasteiger partial charge on any atom is -0.337 e. The van der Waals surface area contributed by atoms with Crippen molar-refractivity contribution < 1.29 is 45.5 Å². The Balaban J connectivity index is 0.000000192. The van der Waals surface area contributed by atoms with Crippen LogP contribution < -0.4 is 0 Å². The second-order valence-corrected chi connectivity index (χ2v) is 17.1. The first-order chi connectivity index (χ1) is 30.3. The van der Waals surface area contributed by atoms with E-state index in [4.69, 9.17) is 0 Å². The Bertz CT molecular complexity index is 2340. The molecule has 344 valence electrons. The van der Waals surface area contributed by atoms with Crippen molar-refractivity contribution in [1.29, 1.82) is 0 Å². The van der Waals surface area contributed by atoms with Crippen LogP contribution in [0.3, 0.4) is 0 Å². The quantitative estimate of drug-likeness (QED) is 0.206. The maximum absolute atomic E-state index is 13.4. The van der Waals surface area contributed by atoms with Crippen LogP contribution in [0.4, 0.5) is 35.9 Å². The summed E-state index contributed by atoms with van der Waals surface area (Å²) in [7, 11) is 6.72. The number of aromatic nitrogens is 4. The number of amides is 6. The molecule has 6 heterocycles. The first kappa shape index (κ1) is 45.9. The van der Waals surface area contributed by atoms with Crippen LogP contribution in [0.25, 0.3) is 0 Å². The highest BCUT2D eigenvalue weighted by Gasteiger charge is 2.39. The van der Waals surface area contributed by atoms with E-state index in [-0.39, 0.29) is 41.4 Å². The lowest BCUT2D eigenvalue weighted by molar-refractivity contribution is -0.139. The van der Waals surface area contributed by atoms with Crippen molar-refractivity contribution in [2.24, 2.45) is 0 Å². The molecule has 4 aromatic rings. The van der Waals surface area contributed by atoms with Crippen LogP contribution in [0.5, 0.6) is 0 Å². The normalized spacial score (nSPS) is 17.3. The van der Waals surface area contributed by atoms with Gasteiger partial charge in [-0.1, -0.05) is 36.4 Å². The molecule has 2 fully saturated rings. The third kappa shape index (κ3) is 9.69. The average Bonchev–Trinajstić information content (AvgIpc) is 3.96. The summed E-state index contributed by atoms with van der Waals surface area (Å²) in [6.07, 6.45) is -5.50. The minimum atomic E-state index is -4.40. The lowest BCUT2D eigenvalue weighted by Crippen LogP contribution is -2.40. The first-order valence-corrected chi connectivity index (χ1v) is 21.3. The van der Waals surface area contributed by atoms with Gasteiger partial charge in [-0.3, -0.25) is 19.8 Å². The third-order valence-corrected chi connectivity index (χ3v) is 12.5. The molecule has 0 aliphatic carbocycles. The van der Waals surface area contributed by atoms with E-state index in [1.54, 1.807) is 59.9 Å². The molecule has 2 saturated heterocycles. The Morgan fingerprint density at radius 3 is 1.42 bits per heavy atom. The molecule has 0 radical (unpaired) electrons. The molecule has 0 bridgehead atoms. The smallest absolute Gasteiger partial charge is 0.337 e. The highest BCUT2D eigenvalue weighted by Crippen LogP contribution is 2.40. The Hall–Kier alpha value is -6.08. The van der Waals surface area contributed by atoms with Crippen molar-refractivity contribution in [2.75, 3.05) is 60.9 Å². The number of alkyl halides is 6. The van der Waals surface area contributed by atoms with Crippen LogP contribution in [-0.4, -0.2) is 135 Å². The summed E-state index contributed by atoms with van der Waals surface area (Å²) in [4.78, 5) is 60.6. The van der Waals surface area contributed by atoms with Crippen molar-refractivity contribution in [1.82, 2.24) is 49.8 Å². The molecule has 2 aromatic carbocycles. The molecule has 0 unspecified atom stereocenters. The SMILES string of the molecule is CN(C)C(=O)N1CCCc2[nH]nc(C(=O)N3CCC(c4ccccc4C(F)(F)F)CC3)c2C1.CN(C)C(=O)N1Cc2[nH]nc(C(=O)N3CCC(c4ccccc4C(F)(F)F)CC3)c2C1. The van der Waals surface area contributed by atoms with E-state index in [0.717, 1.165) is 35.5 Å². The predicted octanol–water partition coefficient (Wildman–Crippen LogP) is 7.32. The van der Waals surface area contributed by atoms with Crippen LogP contribution in [0, 0.1) is 0 Å². The van der Waals surface area contributed by atoms with Crippen LogP contribution in [0.1, 0.15) is 110 Å². The fourth-order valence-corrected chi connectivity index (χ4v) is 9.16. The second-order valence-electron chi connectivity index (χ2n) is 17.1. The second kappa shape index (κ2) is 18.6. The number of rotatable bonds is 4. The molecule has 0 atom stereocenters. The van der Waals surface area contributed by atoms with Crippen LogP contribution >= 0.6 is 0 Å². The van der Waals surface area contributed by atoms with E-state index >= 15 is 0 Å². The van der Waals surface area contributed by atoms with Crippen molar-refractivity contribution in [3.63, 3.8) is 0 Å². The number of aromatic amines is 2. The lowest BCUT2D eigenvalue weighted by atomic mass is 9.86. The van der Waals surface area contributed by atoms with Gasteiger partial charge < -0.3 is 29.4 Å². The molecule has 14 nitrogen and oxygen atoms in total. The van der Waals surface area contributed by atoms with Crippen molar-refractivity contribution in [3.05, 3.63) is 105 Å². The Kier molecular flexibility index (Phi) is 13.3. The van der Waals surface area contributed by atoms with Crippen LogP contribution in [-0.2, 0) is 38.4 Å². The standard InChI is InChI=1S/C23H28F3N5O2.C21H24F3N5O2/c1-29(2)22(33)31-11-5-8-19-17(14-31)20(28-27-19)21(32)30-12-9-15(10-13-30)16-6-3-4-7-18(16)23(24,25)26;1-27(2)20(31)29-11-15-17(12-29)25-26-18(15)19(30)28-9-7-13(8-10-28)14-5-3-4-6-16(14)21(22,23)24/h3-4,6-7,15H,5,8-14H2,1-2H3,(H,27,28);3-6,13H,7-12H2,1-2H3,(H,25,26). The molecule has 2 aromatic heterocycles. The van der Waals surface area contributed by atoms with Crippen LogP contribution in [0.15, 0.2) is 48.5 Å². The number of carbonyl (C=O) groups is 4. The molecule has 2 N–H and O–H groups in total. The lowest BCUT2D eigenvalue weighted by Gasteiger charge is -2.33. The number of hydrogen-bond acceptors (Lipinski definition) is 6. The number of nitrogens with zero attached hydrogens (tertiary/aromatic N) is 8. The fourth-order valence-electron chi connectivity index (χ4n) is 9.16. The average molecular weight is 899 g/mol. The van der Waals surface area contributed by atoms with Gasteiger partial charge in [-0.2, -0.15) is 36.5 Å². The van der Waals surface area contributed by atoms with E-state index in [1.807, 2.05) is 0 Å². The molecule has 64 heavy (non-hydrogen) atoms. The van der Waals surface area contributed by atoms with Gasteiger partial charge in [0.1, 0.15) is 0 Å². The summed E-state index contributed by atoms with van der Waals surface area (Å²) in [5.41, 5.74) is 3.03. The zero-order valence-electron chi connectivity index (χ0n) is 36.2.